The van der Waals surface area contributed by atoms with Gasteiger partial charge in [0.25, 0.3) is 5.56 Å². The Hall–Kier alpha value is -1.82. The molecule has 0 radical (unpaired) electrons. The third kappa shape index (κ3) is 4.58. The molecule has 0 unspecified atom stereocenters. The predicted octanol–water partition coefficient (Wildman–Crippen LogP) is 0.263. The van der Waals surface area contributed by atoms with Crippen LogP contribution in [0.15, 0.2) is 23.1 Å². The van der Waals surface area contributed by atoms with Crippen molar-refractivity contribution in [1.82, 2.24) is 9.47 Å². The van der Waals surface area contributed by atoms with Crippen LogP contribution in [0.1, 0.15) is 6.42 Å². The molecule has 0 aliphatic carbocycles. The molecule has 1 rings (SSSR count). The molecule has 1 aromatic rings. The molecule has 0 aliphatic rings. The van der Waals surface area contributed by atoms with Crippen molar-refractivity contribution in [2.45, 2.75) is 13.0 Å². The molecule has 1 aromatic heterocycles. The van der Waals surface area contributed by atoms with E-state index in [4.69, 9.17) is 9.84 Å². The van der Waals surface area contributed by atoms with Gasteiger partial charge in [0.1, 0.15) is 6.54 Å². The molecule has 18 heavy (non-hydrogen) atoms. The van der Waals surface area contributed by atoms with Gasteiger partial charge in [0.15, 0.2) is 5.75 Å². The summed E-state index contributed by atoms with van der Waals surface area (Å²) in [4.78, 5) is 24.4. The largest absolute Gasteiger partial charge is 0.488 e. The maximum atomic E-state index is 11.8. The van der Waals surface area contributed by atoms with E-state index in [9.17, 15) is 9.59 Å². The van der Waals surface area contributed by atoms with Crippen molar-refractivity contribution in [3.8, 4) is 5.75 Å². The van der Waals surface area contributed by atoms with Crippen LogP contribution in [0.4, 0.5) is 0 Å². The SMILES string of the molecule is CN(C)CCCOc1cccn(CC(=O)O)c1=O. The summed E-state index contributed by atoms with van der Waals surface area (Å²) in [7, 11) is 3.92. The summed E-state index contributed by atoms with van der Waals surface area (Å²) in [6.45, 7) is 0.953. The van der Waals surface area contributed by atoms with Crippen LogP contribution in [-0.4, -0.2) is 47.8 Å². The van der Waals surface area contributed by atoms with E-state index in [2.05, 4.69) is 0 Å². The number of carbonyl (C=O) groups is 1. The number of carboxylic acids is 1. The van der Waals surface area contributed by atoms with Crippen LogP contribution < -0.4 is 10.3 Å². The van der Waals surface area contributed by atoms with Crippen LogP contribution in [0.2, 0.25) is 0 Å². The lowest BCUT2D eigenvalue weighted by Gasteiger charge is -2.10. The summed E-state index contributed by atoms with van der Waals surface area (Å²) in [5, 5.41) is 8.65. The second-order valence-electron chi connectivity index (χ2n) is 4.20. The van der Waals surface area contributed by atoms with E-state index >= 15 is 0 Å². The first-order valence-electron chi connectivity index (χ1n) is 5.69. The number of aromatic nitrogens is 1. The molecule has 1 heterocycles. The van der Waals surface area contributed by atoms with Crippen molar-refractivity contribution in [3.05, 3.63) is 28.7 Å². The first-order chi connectivity index (χ1) is 8.50. The molecule has 0 aliphatic heterocycles. The Morgan fingerprint density at radius 3 is 2.83 bits per heavy atom. The van der Waals surface area contributed by atoms with E-state index in [-0.39, 0.29) is 12.3 Å². The van der Waals surface area contributed by atoms with Gasteiger partial charge in [-0.3, -0.25) is 9.59 Å². The Morgan fingerprint density at radius 2 is 2.22 bits per heavy atom. The Morgan fingerprint density at radius 1 is 1.50 bits per heavy atom. The Kier molecular flexibility index (Phi) is 5.38. The number of nitrogens with zero attached hydrogens (tertiary/aromatic N) is 2. The number of rotatable bonds is 7. The molecule has 0 saturated carbocycles. The lowest BCUT2D eigenvalue weighted by Crippen LogP contribution is -2.25. The van der Waals surface area contributed by atoms with Gasteiger partial charge in [-0.15, -0.1) is 0 Å². The molecule has 100 valence electrons. The highest BCUT2D eigenvalue weighted by Crippen LogP contribution is 2.02. The molecule has 6 heteroatoms. The zero-order valence-corrected chi connectivity index (χ0v) is 10.6. The molecule has 1 N–H and O–H groups in total. The lowest BCUT2D eigenvalue weighted by molar-refractivity contribution is -0.137. The summed E-state index contributed by atoms with van der Waals surface area (Å²) in [6.07, 6.45) is 2.24. The van der Waals surface area contributed by atoms with Crippen molar-refractivity contribution < 1.29 is 14.6 Å². The van der Waals surface area contributed by atoms with Crippen LogP contribution in [0.25, 0.3) is 0 Å². The van der Waals surface area contributed by atoms with Crippen LogP contribution >= 0.6 is 0 Å². The van der Waals surface area contributed by atoms with E-state index < -0.39 is 11.5 Å². The maximum absolute atomic E-state index is 11.8. The summed E-state index contributed by atoms with van der Waals surface area (Å²) >= 11 is 0. The molecule has 0 aromatic carbocycles. The van der Waals surface area contributed by atoms with Gasteiger partial charge in [-0.1, -0.05) is 0 Å². The van der Waals surface area contributed by atoms with Gasteiger partial charge in [0, 0.05) is 12.7 Å². The molecule has 0 atom stereocenters. The normalized spacial score (nSPS) is 10.6. The number of hydrogen-bond donors (Lipinski definition) is 1. The quantitative estimate of drug-likeness (QED) is 0.707. The zero-order chi connectivity index (χ0) is 13.5. The number of ether oxygens (including phenoxy) is 1. The number of aliphatic carboxylic acids is 1. The topological polar surface area (TPSA) is 71.8 Å². The van der Waals surface area contributed by atoms with Gasteiger partial charge >= 0.3 is 5.97 Å². The van der Waals surface area contributed by atoms with Gasteiger partial charge < -0.3 is 19.3 Å². The molecule has 0 bridgehead atoms. The fourth-order valence-corrected chi connectivity index (χ4v) is 1.46. The first-order valence-corrected chi connectivity index (χ1v) is 5.69. The molecule has 0 spiro atoms. The number of carboxylic acid groups (broad SMARTS) is 1. The summed E-state index contributed by atoms with van der Waals surface area (Å²) in [5.41, 5.74) is -0.412. The van der Waals surface area contributed by atoms with E-state index in [1.54, 1.807) is 12.1 Å². The van der Waals surface area contributed by atoms with E-state index in [1.807, 2.05) is 19.0 Å². The molecule has 0 amide bonds. The third-order valence-electron chi connectivity index (χ3n) is 2.30. The number of pyridine rings is 1. The average Bonchev–Trinajstić information content (AvgIpc) is 2.28. The minimum Gasteiger partial charge on any atom is -0.488 e. The van der Waals surface area contributed by atoms with Gasteiger partial charge in [0.05, 0.1) is 6.61 Å². The van der Waals surface area contributed by atoms with Crippen molar-refractivity contribution in [2.75, 3.05) is 27.2 Å². The Balaban J connectivity index is 2.61. The maximum Gasteiger partial charge on any atom is 0.323 e. The highest BCUT2D eigenvalue weighted by Gasteiger charge is 2.06. The summed E-state index contributed by atoms with van der Waals surface area (Å²) in [5.74, 6) is -0.862. The average molecular weight is 254 g/mol. The van der Waals surface area contributed by atoms with Crippen LogP contribution in [0, 0.1) is 0 Å². The van der Waals surface area contributed by atoms with Gasteiger partial charge in [-0.25, -0.2) is 0 Å². The Labute approximate surface area is 105 Å². The van der Waals surface area contributed by atoms with Gasteiger partial charge in [0.2, 0.25) is 0 Å². The van der Waals surface area contributed by atoms with Gasteiger partial charge in [-0.2, -0.15) is 0 Å². The predicted molar refractivity (Wildman–Crippen MR) is 67.0 cm³/mol. The van der Waals surface area contributed by atoms with E-state index in [0.717, 1.165) is 17.5 Å². The fraction of sp³-hybridized carbons (Fsp3) is 0.500. The van der Waals surface area contributed by atoms with Crippen molar-refractivity contribution >= 4 is 5.97 Å². The minimum absolute atomic E-state index is 0.192. The summed E-state index contributed by atoms with van der Waals surface area (Å²) < 4.78 is 6.47. The lowest BCUT2D eigenvalue weighted by atomic mass is 10.4. The third-order valence-corrected chi connectivity index (χ3v) is 2.30. The summed E-state index contributed by atoms with van der Waals surface area (Å²) in [6, 6.07) is 3.15. The molecular formula is C12H18N2O4. The second-order valence-corrected chi connectivity index (χ2v) is 4.20. The van der Waals surface area contributed by atoms with Crippen molar-refractivity contribution in [1.29, 1.82) is 0 Å². The monoisotopic (exact) mass is 254 g/mol. The van der Waals surface area contributed by atoms with Crippen molar-refractivity contribution in [2.24, 2.45) is 0 Å². The van der Waals surface area contributed by atoms with E-state index in [1.165, 1.54) is 6.20 Å². The number of hydrogen-bond acceptors (Lipinski definition) is 4. The second kappa shape index (κ2) is 6.80. The molecule has 0 saturated heterocycles. The van der Waals surface area contributed by atoms with Gasteiger partial charge in [-0.05, 0) is 32.6 Å². The molecule has 0 fully saturated rings. The smallest absolute Gasteiger partial charge is 0.323 e. The van der Waals surface area contributed by atoms with Crippen molar-refractivity contribution in [3.63, 3.8) is 0 Å². The standard InChI is InChI=1S/C12H18N2O4/c1-13(2)6-4-8-18-10-5-3-7-14(12(10)17)9-11(15)16/h3,5,7H,4,6,8-9H2,1-2H3,(H,15,16). The minimum atomic E-state index is -1.05. The van der Waals surface area contributed by atoms with Crippen LogP contribution in [0.5, 0.6) is 5.75 Å². The molecular weight excluding hydrogens is 236 g/mol. The highest BCUT2D eigenvalue weighted by atomic mass is 16.5. The zero-order valence-electron chi connectivity index (χ0n) is 10.6. The fourth-order valence-electron chi connectivity index (χ4n) is 1.46. The first kappa shape index (κ1) is 14.2. The van der Waals surface area contributed by atoms with E-state index in [0.29, 0.717) is 6.61 Å². The van der Waals surface area contributed by atoms with Crippen LogP contribution in [-0.2, 0) is 11.3 Å². The highest BCUT2D eigenvalue weighted by molar-refractivity contribution is 5.66. The Bertz CT molecular complexity index is 454. The molecule has 6 nitrogen and oxygen atoms in total. The van der Waals surface area contributed by atoms with Crippen LogP contribution in [0.3, 0.4) is 0 Å².